The van der Waals surface area contributed by atoms with Crippen molar-refractivity contribution < 1.29 is 9.13 Å². The molecule has 0 amide bonds. The van der Waals surface area contributed by atoms with E-state index in [1.165, 1.54) is 12.1 Å². The van der Waals surface area contributed by atoms with Crippen molar-refractivity contribution in [1.29, 1.82) is 0 Å². The molecule has 2 N–H and O–H groups in total. The molecule has 0 radical (unpaired) electrons. The second-order valence-electron chi connectivity index (χ2n) is 4.59. The Morgan fingerprint density at radius 2 is 1.86 bits per heavy atom. The number of ether oxygens (including phenoxy) is 1. The smallest absolute Gasteiger partial charge is 0.136 e. The normalized spacial score (nSPS) is 10.4. The van der Waals surface area contributed by atoms with Crippen LogP contribution in [-0.2, 0) is 4.74 Å². The number of nitrogens with zero attached hydrogens (tertiary/aromatic N) is 2. The summed E-state index contributed by atoms with van der Waals surface area (Å²) in [4.78, 5) is 8.64. The molecular formula is C15H19FN4O. The lowest BCUT2D eigenvalue weighted by Crippen LogP contribution is -2.08. The molecule has 112 valence electrons. The number of aromatic nitrogens is 2. The van der Waals surface area contributed by atoms with E-state index in [2.05, 4.69) is 20.6 Å². The van der Waals surface area contributed by atoms with Crippen LogP contribution in [0.5, 0.6) is 0 Å². The molecule has 0 aliphatic carbocycles. The second-order valence-corrected chi connectivity index (χ2v) is 4.59. The van der Waals surface area contributed by atoms with Crippen molar-refractivity contribution in [2.24, 2.45) is 0 Å². The number of aryl methyl sites for hydroxylation is 1. The zero-order chi connectivity index (χ0) is 15.1. The van der Waals surface area contributed by atoms with E-state index in [-0.39, 0.29) is 5.82 Å². The summed E-state index contributed by atoms with van der Waals surface area (Å²) in [5.74, 6) is 1.82. The Morgan fingerprint density at radius 1 is 1.14 bits per heavy atom. The lowest BCUT2D eigenvalue weighted by atomic mass is 10.3. The van der Waals surface area contributed by atoms with E-state index in [1.54, 1.807) is 19.2 Å². The van der Waals surface area contributed by atoms with Gasteiger partial charge in [-0.1, -0.05) is 0 Å². The minimum absolute atomic E-state index is 0.264. The fourth-order valence-corrected chi connectivity index (χ4v) is 1.84. The predicted octanol–water partition coefficient (Wildman–Crippen LogP) is 3.12. The van der Waals surface area contributed by atoms with Gasteiger partial charge in [0.05, 0.1) is 0 Å². The highest BCUT2D eigenvalue weighted by Crippen LogP contribution is 2.17. The Hall–Kier alpha value is -2.21. The largest absolute Gasteiger partial charge is 0.385 e. The maximum atomic E-state index is 12.9. The predicted molar refractivity (Wildman–Crippen MR) is 81.4 cm³/mol. The molecular weight excluding hydrogens is 271 g/mol. The first-order chi connectivity index (χ1) is 10.2. The number of halogens is 1. The monoisotopic (exact) mass is 290 g/mol. The van der Waals surface area contributed by atoms with Crippen molar-refractivity contribution >= 4 is 17.3 Å². The van der Waals surface area contributed by atoms with Crippen LogP contribution in [0, 0.1) is 12.7 Å². The molecule has 0 saturated carbocycles. The Morgan fingerprint density at radius 3 is 2.57 bits per heavy atom. The van der Waals surface area contributed by atoms with Crippen LogP contribution < -0.4 is 10.6 Å². The molecule has 0 fully saturated rings. The van der Waals surface area contributed by atoms with Crippen molar-refractivity contribution in [3.63, 3.8) is 0 Å². The van der Waals surface area contributed by atoms with E-state index in [9.17, 15) is 4.39 Å². The average Bonchev–Trinajstić information content (AvgIpc) is 2.46. The highest BCUT2D eigenvalue weighted by molar-refractivity contribution is 5.59. The first-order valence-electron chi connectivity index (χ1n) is 6.78. The van der Waals surface area contributed by atoms with Gasteiger partial charge in [0.15, 0.2) is 0 Å². The first kappa shape index (κ1) is 15.2. The van der Waals surface area contributed by atoms with Crippen LogP contribution in [0.15, 0.2) is 30.3 Å². The van der Waals surface area contributed by atoms with Crippen LogP contribution in [0.25, 0.3) is 0 Å². The Balaban J connectivity index is 2.02. The number of nitrogens with one attached hydrogen (secondary N) is 2. The van der Waals surface area contributed by atoms with Crippen LogP contribution in [0.3, 0.4) is 0 Å². The van der Waals surface area contributed by atoms with Gasteiger partial charge in [-0.2, -0.15) is 0 Å². The van der Waals surface area contributed by atoms with Crippen molar-refractivity contribution in [3.8, 4) is 0 Å². The molecule has 1 aromatic carbocycles. The van der Waals surface area contributed by atoms with Gasteiger partial charge in [-0.05, 0) is 37.6 Å². The molecule has 1 heterocycles. The highest BCUT2D eigenvalue weighted by atomic mass is 19.1. The number of hydrogen-bond acceptors (Lipinski definition) is 5. The van der Waals surface area contributed by atoms with E-state index in [0.717, 1.165) is 24.5 Å². The molecule has 5 nitrogen and oxygen atoms in total. The van der Waals surface area contributed by atoms with Crippen molar-refractivity contribution in [1.82, 2.24) is 9.97 Å². The third-order valence-corrected chi connectivity index (χ3v) is 2.79. The number of methoxy groups -OCH3 is 1. The van der Waals surface area contributed by atoms with E-state index in [4.69, 9.17) is 4.74 Å². The van der Waals surface area contributed by atoms with Gasteiger partial charge >= 0.3 is 0 Å². The Bertz CT molecular complexity index is 574. The summed E-state index contributed by atoms with van der Waals surface area (Å²) in [5.41, 5.74) is 0.778. The molecule has 2 rings (SSSR count). The van der Waals surface area contributed by atoms with Crippen molar-refractivity contribution in [3.05, 3.63) is 42.0 Å². The molecule has 2 aromatic rings. The minimum atomic E-state index is -0.264. The molecule has 0 aliphatic rings. The highest BCUT2D eigenvalue weighted by Gasteiger charge is 2.02. The number of anilines is 3. The van der Waals surface area contributed by atoms with Crippen LogP contribution in [0.1, 0.15) is 12.2 Å². The standard InChI is InChI=1S/C15H19FN4O/c1-11-18-14(17-8-3-9-21-2)10-15(19-11)20-13-6-4-12(16)5-7-13/h4-7,10H,3,8-9H2,1-2H3,(H2,17,18,19,20). The summed E-state index contributed by atoms with van der Waals surface area (Å²) < 4.78 is 17.9. The quantitative estimate of drug-likeness (QED) is 0.767. The maximum absolute atomic E-state index is 12.9. The summed E-state index contributed by atoms with van der Waals surface area (Å²) >= 11 is 0. The fourth-order valence-electron chi connectivity index (χ4n) is 1.84. The number of rotatable bonds is 7. The third kappa shape index (κ3) is 5.00. The summed E-state index contributed by atoms with van der Waals surface area (Å²) in [5, 5.41) is 6.36. The average molecular weight is 290 g/mol. The second kappa shape index (κ2) is 7.54. The molecule has 0 unspecified atom stereocenters. The third-order valence-electron chi connectivity index (χ3n) is 2.79. The zero-order valence-corrected chi connectivity index (χ0v) is 12.2. The minimum Gasteiger partial charge on any atom is -0.385 e. The molecule has 0 spiro atoms. The summed E-state index contributed by atoms with van der Waals surface area (Å²) in [6.45, 7) is 3.31. The molecule has 6 heteroatoms. The van der Waals surface area contributed by atoms with E-state index < -0.39 is 0 Å². The Labute approximate surface area is 123 Å². The van der Waals surface area contributed by atoms with Crippen LogP contribution >= 0.6 is 0 Å². The number of benzene rings is 1. The number of hydrogen-bond donors (Lipinski definition) is 2. The summed E-state index contributed by atoms with van der Waals surface area (Å²) in [6.07, 6.45) is 0.903. The molecule has 0 saturated heterocycles. The van der Waals surface area contributed by atoms with Gasteiger partial charge in [0.25, 0.3) is 0 Å². The van der Waals surface area contributed by atoms with Crippen molar-refractivity contribution in [2.75, 3.05) is 30.9 Å². The van der Waals surface area contributed by atoms with E-state index in [1.807, 2.05) is 13.0 Å². The van der Waals surface area contributed by atoms with Gasteiger partial charge in [0.1, 0.15) is 23.3 Å². The lowest BCUT2D eigenvalue weighted by molar-refractivity contribution is 0.198. The summed E-state index contributed by atoms with van der Waals surface area (Å²) in [6, 6.07) is 7.96. The van der Waals surface area contributed by atoms with Gasteiger partial charge in [-0.25, -0.2) is 14.4 Å². The molecule has 0 bridgehead atoms. The van der Waals surface area contributed by atoms with E-state index in [0.29, 0.717) is 18.2 Å². The maximum Gasteiger partial charge on any atom is 0.136 e. The van der Waals surface area contributed by atoms with Gasteiger partial charge in [-0.3, -0.25) is 0 Å². The summed E-state index contributed by atoms with van der Waals surface area (Å²) in [7, 11) is 1.68. The van der Waals surface area contributed by atoms with Gasteiger partial charge < -0.3 is 15.4 Å². The molecule has 21 heavy (non-hydrogen) atoms. The SMILES string of the molecule is COCCCNc1cc(Nc2ccc(F)cc2)nc(C)n1. The van der Waals surface area contributed by atoms with Crippen molar-refractivity contribution in [2.45, 2.75) is 13.3 Å². The first-order valence-corrected chi connectivity index (χ1v) is 6.78. The lowest BCUT2D eigenvalue weighted by Gasteiger charge is -2.10. The van der Waals surface area contributed by atoms with Gasteiger partial charge in [0.2, 0.25) is 0 Å². The molecule has 0 atom stereocenters. The van der Waals surface area contributed by atoms with E-state index >= 15 is 0 Å². The fraction of sp³-hybridized carbons (Fsp3) is 0.333. The molecule has 1 aromatic heterocycles. The zero-order valence-electron chi connectivity index (χ0n) is 12.2. The van der Waals surface area contributed by atoms with Crippen LogP contribution in [0.2, 0.25) is 0 Å². The van der Waals surface area contributed by atoms with Gasteiger partial charge in [-0.15, -0.1) is 0 Å². The van der Waals surface area contributed by atoms with Gasteiger partial charge in [0, 0.05) is 32.0 Å². The van der Waals surface area contributed by atoms with Crippen LogP contribution in [-0.4, -0.2) is 30.2 Å². The topological polar surface area (TPSA) is 59.1 Å². The Kier molecular flexibility index (Phi) is 5.45. The molecule has 0 aliphatic heterocycles. The van der Waals surface area contributed by atoms with Crippen LogP contribution in [0.4, 0.5) is 21.7 Å².